The average molecular weight is 550 g/mol. The second-order valence-corrected chi connectivity index (χ2v) is 10.7. The molecule has 3 nitrogen and oxygen atoms in total. The van der Waals surface area contributed by atoms with Crippen molar-refractivity contribution < 1.29 is 0 Å². The first-order valence-corrected chi connectivity index (χ1v) is 14.5. The lowest BCUT2D eigenvalue weighted by atomic mass is 10.0. The first kappa shape index (κ1) is 25.0. The summed E-state index contributed by atoms with van der Waals surface area (Å²) in [6.45, 7) is 0. The van der Waals surface area contributed by atoms with E-state index in [1.54, 1.807) is 0 Å². The minimum Gasteiger partial charge on any atom is -0.306 e. The van der Waals surface area contributed by atoms with Crippen LogP contribution in [0.5, 0.6) is 0 Å². The molecule has 0 bridgehead atoms. The summed E-state index contributed by atoms with van der Waals surface area (Å²) in [6.07, 6.45) is 0. The van der Waals surface area contributed by atoms with E-state index >= 15 is 0 Å². The molecule has 0 N–H and O–H groups in total. The fraction of sp³-hybridized carbons (Fsp3) is 0. The summed E-state index contributed by atoms with van der Waals surface area (Å²) in [4.78, 5) is 10.5. The minimum atomic E-state index is 0.713. The maximum atomic E-state index is 5.30. The Bertz CT molecular complexity index is 2180. The zero-order chi connectivity index (χ0) is 28.6. The molecule has 43 heavy (non-hydrogen) atoms. The van der Waals surface area contributed by atoms with Gasteiger partial charge in [-0.05, 0) is 40.5 Å². The predicted molar refractivity (Wildman–Crippen MR) is 178 cm³/mol. The van der Waals surface area contributed by atoms with E-state index in [0.29, 0.717) is 5.82 Å². The van der Waals surface area contributed by atoms with Gasteiger partial charge in [0.1, 0.15) is 5.52 Å². The number of fused-ring (bicyclic) bond motifs is 3. The topological polar surface area (TPSA) is 30.7 Å². The van der Waals surface area contributed by atoms with Crippen molar-refractivity contribution in [1.29, 1.82) is 0 Å². The first-order chi connectivity index (χ1) is 21.3. The van der Waals surface area contributed by atoms with E-state index in [2.05, 4.69) is 150 Å². The van der Waals surface area contributed by atoms with Gasteiger partial charge in [0, 0.05) is 22.2 Å². The molecular formula is C40H27N3. The molecule has 0 saturated carbocycles. The highest BCUT2D eigenvalue weighted by atomic mass is 15.0. The molecule has 2 aromatic heterocycles. The van der Waals surface area contributed by atoms with E-state index in [0.717, 1.165) is 44.4 Å². The lowest BCUT2D eigenvalue weighted by Gasteiger charge is -2.13. The SMILES string of the molecule is c1ccc(-c2ccc(-c3nc(-c4ccc(-c5ccccc5)cc4)c4c(n3)c3ccccc3n4-c3ccccc3)cc2)cc1. The van der Waals surface area contributed by atoms with Gasteiger partial charge in [0.15, 0.2) is 5.82 Å². The summed E-state index contributed by atoms with van der Waals surface area (Å²) in [5.74, 6) is 0.713. The molecule has 0 aliphatic rings. The number of hydrogen-bond acceptors (Lipinski definition) is 2. The van der Waals surface area contributed by atoms with Gasteiger partial charge >= 0.3 is 0 Å². The average Bonchev–Trinajstić information content (AvgIpc) is 3.44. The van der Waals surface area contributed by atoms with Gasteiger partial charge < -0.3 is 4.57 Å². The van der Waals surface area contributed by atoms with Crippen molar-refractivity contribution in [3.8, 4) is 50.6 Å². The van der Waals surface area contributed by atoms with Crippen molar-refractivity contribution in [2.24, 2.45) is 0 Å². The fourth-order valence-corrected chi connectivity index (χ4v) is 5.91. The molecule has 0 spiro atoms. The van der Waals surface area contributed by atoms with Gasteiger partial charge in [0.25, 0.3) is 0 Å². The summed E-state index contributed by atoms with van der Waals surface area (Å²) < 4.78 is 2.30. The first-order valence-electron chi connectivity index (χ1n) is 14.5. The van der Waals surface area contributed by atoms with E-state index in [4.69, 9.17) is 9.97 Å². The zero-order valence-electron chi connectivity index (χ0n) is 23.4. The Balaban J connectivity index is 1.37. The third-order valence-corrected chi connectivity index (χ3v) is 8.04. The number of nitrogens with zero attached hydrogens (tertiary/aromatic N) is 3. The van der Waals surface area contributed by atoms with Crippen LogP contribution in [0.25, 0.3) is 72.5 Å². The molecule has 0 radical (unpaired) electrons. The van der Waals surface area contributed by atoms with E-state index in [9.17, 15) is 0 Å². The molecule has 8 rings (SSSR count). The van der Waals surface area contributed by atoms with Crippen LogP contribution in [-0.2, 0) is 0 Å². The maximum absolute atomic E-state index is 5.30. The van der Waals surface area contributed by atoms with E-state index < -0.39 is 0 Å². The highest BCUT2D eigenvalue weighted by Crippen LogP contribution is 2.38. The van der Waals surface area contributed by atoms with Gasteiger partial charge in [-0.1, -0.05) is 146 Å². The van der Waals surface area contributed by atoms with Crippen LogP contribution in [0.1, 0.15) is 0 Å². The maximum Gasteiger partial charge on any atom is 0.160 e. The summed E-state index contributed by atoms with van der Waals surface area (Å²) in [5, 5.41) is 1.10. The van der Waals surface area contributed by atoms with Crippen LogP contribution in [0.2, 0.25) is 0 Å². The largest absolute Gasteiger partial charge is 0.306 e. The van der Waals surface area contributed by atoms with Gasteiger partial charge in [-0.25, -0.2) is 9.97 Å². The molecule has 0 aliphatic heterocycles. The van der Waals surface area contributed by atoms with Crippen LogP contribution in [0.4, 0.5) is 0 Å². The fourth-order valence-electron chi connectivity index (χ4n) is 5.91. The molecule has 0 atom stereocenters. The van der Waals surface area contributed by atoms with Crippen molar-refractivity contribution in [2.45, 2.75) is 0 Å². The third kappa shape index (κ3) is 4.48. The number of benzene rings is 6. The minimum absolute atomic E-state index is 0.713. The second kappa shape index (κ2) is 10.6. The normalized spacial score (nSPS) is 11.3. The molecule has 2 heterocycles. The van der Waals surface area contributed by atoms with Crippen LogP contribution in [-0.4, -0.2) is 14.5 Å². The van der Waals surface area contributed by atoms with Crippen LogP contribution >= 0.6 is 0 Å². The lowest BCUT2D eigenvalue weighted by molar-refractivity contribution is 1.15. The quantitative estimate of drug-likeness (QED) is 0.214. The number of hydrogen-bond donors (Lipinski definition) is 0. The Morgan fingerprint density at radius 3 is 1.44 bits per heavy atom. The van der Waals surface area contributed by atoms with Crippen molar-refractivity contribution in [3.63, 3.8) is 0 Å². The molecule has 0 fully saturated rings. The molecule has 0 amide bonds. The Labute approximate surface area is 250 Å². The van der Waals surface area contributed by atoms with Gasteiger partial charge in [-0.15, -0.1) is 0 Å². The highest BCUT2D eigenvalue weighted by Gasteiger charge is 2.21. The molecule has 202 valence electrons. The Morgan fingerprint density at radius 1 is 0.372 bits per heavy atom. The monoisotopic (exact) mass is 549 g/mol. The molecule has 8 aromatic rings. The van der Waals surface area contributed by atoms with Crippen molar-refractivity contribution in [1.82, 2.24) is 14.5 Å². The lowest BCUT2D eigenvalue weighted by Crippen LogP contribution is -1.99. The second-order valence-electron chi connectivity index (χ2n) is 10.7. The molecule has 0 aliphatic carbocycles. The van der Waals surface area contributed by atoms with Crippen molar-refractivity contribution in [3.05, 3.63) is 164 Å². The van der Waals surface area contributed by atoms with E-state index in [-0.39, 0.29) is 0 Å². The van der Waals surface area contributed by atoms with Crippen molar-refractivity contribution >= 4 is 21.9 Å². The van der Waals surface area contributed by atoms with Crippen LogP contribution < -0.4 is 0 Å². The van der Waals surface area contributed by atoms with Gasteiger partial charge in [-0.2, -0.15) is 0 Å². The van der Waals surface area contributed by atoms with E-state index in [1.807, 2.05) is 18.2 Å². The van der Waals surface area contributed by atoms with Crippen LogP contribution in [0, 0.1) is 0 Å². The Kier molecular flexibility index (Phi) is 6.12. The summed E-state index contributed by atoms with van der Waals surface area (Å²) in [7, 11) is 0. The molecule has 0 unspecified atom stereocenters. The Hall–Kier alpha value is -5.80. The number of aromatic nitrogens is 3. The highest BCUT2D eigenvalue weighted by molar-refractivity contribution is 6.11. The molecule has 0 saturated heterocycles. The third-order valence-electron chi connectivity index (χ3n) is 8.04. The smallest absolute Gasteiger partial charge is 0.160 e. The van der Waals surface area contributed by atoms with E-state index in [1.165, 1.54) is 22.3 Å². The Morgan fingerprint density at radius 2 is 0.837 bits per heavy atom. The van der Waals surface area contributed by atoms with Gasteiger partial charge in [0.2, 0.25) is 0 Å². The predicted octanol–water partition coefficient (Wildman–Crippen LogP) is 10.2. The van der Waals surface area contributed by atoms with Crippen molar-refractivity contribution in [2.75, 3.05) is 0 Å². The van der Waals surface area contributed by atoms with Crippen LogP contribution in [0.3, 0.4) is 0 Å². The standard InChI is InChI=1S/C40H27N3/c1-4-12-28(13-5-1)30-20-24-32(25-21-30)37-39-38(35-18-10-11-19-36(35)43(39)34-16-8-3-9-17-34)42-40(41-37)33-26-22-31(23-27-33)29-14-6-2-7-15-29/h1-27H. The summed E-state index contributed by atoms with van der Waals surface area (Å²) in [5.41, 5.74) is 11.8. The van der Waals surface area contributed by atoms with Gasteiger partial charge in [-0.3, -0.25) is 0 Å². The molecule has 6 aromatic carbocycles. The number of rotatable bonds is 5. The zero-order valence-corrected chi connectivity index (χ0v) is 23.4. The number of para-hydroxylation sites is 2. The van der Waals surface area contributed by atoms with Crippen LogP contribution in [0.15, 0.2) is 164 Å². The van der Waals surface area contributed by atoms with Gasteiger partial charge in [0.05, 0.1) is 16.7 Å². The summed E-state index contributed by atoms with van der Waals surface area (Å²) in [6, 6.07) is 57.2. The molecular weight excluding hydrogens is 522 g/mol. The molecule has 3 heteroatoms. The summed E-state index contributed by atoms with van der Waals surface area (Å²) >= 11 is 0.